The van der Waals surface area contributed by atoms with Crippen LogP contribution >= 0.6 is 0 Å². The van der Waals surface area contributed by atoms with Crippen molar-refractivity contribution in [2.75, 3.05) is 31.1 Å². The van der Waals surface area contributed by atoms with Crippen LogP contribution in [0.1, 0.15) is 18.4 Å². The third-order valence-corrected chi connectivity index (χ3v) is 5.63. The molecule has 2 aliphatic rings. The van der Waals surface area contributed by atoms with Crippen LogP contribution in [0, 0.1) is 10.8 Å². The van der Waals surface area contributed by atoms with Crippen molar-refractivity contribution in [1.29, 1.82) is 5.41 Å². The lowest BCUT2D eigenvalue weighted by Gasteiger charge is -2.52. The molecule has 0 saturated carbocycles. The molecule has 1 spiro atoms. The predicted octanol–water partition coefficient (Wildman–Crippen LogP) is 1.99. The van der Waals surface area contributed by atoms with E-state index in [1.807, 2.05) is 18.2 Å². The molecule has 2 saturated heterocycles. The molecule has 0 unspecified atom stereocenters. The SMILES string of the molecule is N=C/C(=C\N)c1ccc(-c2ccc(N3CC4(CCNCC4)C3)nn2)c(O)c1. The number of rotatable bonds is 4. The molecule has 1 aromatic carbocycles. The highest BCUT2D eigenvalue weighted by Gasteiger charge is 2.43. The van der Waals surface area contributed by atoms with E-state index in [2.05, 4.69) is 20.4 Å². The van der Waals surface area contributed by atoms with Gasteiger partial charge in [0.05, 0.1) is 5.69 Å². The maximum atomic E-state index is 10.4. The predicted molar refractivity (Wildman–Crippen MR) is 107 cm³/mol. The molecule has 0 radical (unpaired) electrons. The quantitative estimate of drug-likeness (QED) is 0.618. The van der Waals surface area contributed by atoms with Gasteiger partial charge < -0.3 is 26.5 Å². The van der Waals surface area contributed by atoms with Crippen LogP contribution in [0.3, 0.4) is 0 Å². The second kappa shape index (κ2) is 7.00. The first kappa shape index (κ1) is 17.5. The minimum Gasteiger partial charge on any atom is -0.507 e. The molecule has 1 aromatic heterocycles. The van der Waals surface area contributed by atoms with E-state index in [0.29, 0.717) is 27.8 Å². The smallest absolute Gasteiger partial charge is 0.151 e. The lowest BCUT2D eigenvalue weighted by molar-refractivity contribution is 0.149. The largest absolute Gasteiger partial charge is 0.507 e. The number of nitrogens with two attached hydrogens (primary N) is 1. The van der Waals surface area contributed by atoms with Crippen LogP contribution in [0.2, 0.25) is 0 Å². The van der Waals surface area contributed by atoms with E-state index in [0.717, 1.165) is 38.2 Å². The summed E-state index contributed by atoms with van der Waals surface area (Å²) < 4.78 is 0. The topological polar surface area (TPSA) is 111 Å². The number of hydrogen-bond acceptors (Lipinski definition) is 7. The highest BCUT2D eigenvalue weighted by atomic mass is 16.3. The first-order chi connectivity index (χ1) is 13.1. The molecular formula is C20H24N6O. The second-order valence-corrected chi connectivity index (χ2v) is 7.38. The molecular weight excluding hydrogens is 340 g/mol. The molecule has 3 heterocycles. The molecule has 0 aliphatic carbocycles. The van der Waals surface area contributed by atoms with Crippen LogP contribution < -0.4 is 16.0 Å². The van der Waals surface area contributed by atoms with Gasteiger partial charge in [-0.3, -0.25) is 0 Å². The molecule has 5 N–H and O–H groups in total. The number of piperidine rings is 1. The summed E-state index contributed by atoms with van der Waals surface area (Å²) in [6.07, 6.45) is 4.96. The summed E-state index contributed by atoms with van der Waals surface area (Å²) >= 11 is 0. The van der Waals surface area contributed by atoms with E-state index in [1.165, 1.54) is 19.0 Å². The number of allylic oxidation sites excluding steroid dienone is 1. The van der Waals surface area contributed by atoms with Gasteiger partial charge in [-0.15, -0.1) is 10.2 Å². The lowest BCUT2D eigenvalue weighted by atomic mass is 9.72. The van der Waals surface area contributed by atoms with E-state index in [9.17, 15) is 5.11 Å². The number of anilines is 1. The maximum absolute atomic E-state index is 10.4. The molecule has 0 bridgehead atoms. The van der Waals surface area contributed by atoms with Gasteiger partial charge in [-0.25, -0.2) is 0 Å². The van der Waals surface area contributed by atoms with Gasteiger partial charge in [-0.05, 0) is 55.8 Å². The Bertz CT molecular complexity index is 863. The van der Waals surface area contributed by atoms with Gasteiger partial charge in [0.25, 0.3) is 0 Å². The normalized spacial score (nSPS) is 19.0. The average Bonchev–Trinajstić information content (AvgIpc) is 2.68. The van der Waals surface area contributed by atoms with Crippen molar-refractivity contribution in [3.63, 3.8) is 0 Å². The molecule has 4 rings (SSSR count). The number of nitrogens with one attached hydrogen (secondary N) is 2. The number of aromatic nitrogens is 2. The number of aromatic hydroxyl groups is 1. The Morgan fingerprint density at radius 2 is 1.96 bits per heavy atom. The van der Waals surface area contributed by atoms with Crippen LogP contribution in [0.25, 0.3) is 16.8 Å². The lowest BCUT2D eigenvalue weighted by Crippen LogP contribution is -2.60. The Kier molecular flexibility index (Phi) is 4.53. The third kappa shape index (κ3) is 3.26. The molecule has 7 heteroatoms. The zero-order valence-corrected chi connectivity index (χ0v) is 15.2. The molecule has 0 amide bonds. The Morgan fingerprint density at radius 1 is 1.19 bits per heavy atom. The summed E-state index contributed by atoms with van der Waals surface area (Å²) in [7, 11) is 0. The van der Waals surface area contributed by atoms with Crippen molar-refractivity contribution < 1.29 is 5.11 Å². The van der Waals surface area contributed by atoms with Gasteiger partial charge in [0.1, 0.15) is 5.75 Å². The Labute approximate surface area is 158 Å². The number of benzene rings is 1. The highest BCUT2D eigenvalue weighted by Crippen LogP contribution is 2.40. The Hall–Kier alpha value is -2.93. The van der Waals surface area contributed by atoms with Crippen molar-refractivity contribution in [1.82, 2.24) is 15.5 Å². The standard InChI is InChI=1S/C20H24N6O/c21-10-15(11-22)14-1-2-16(18(27)9-14)17-3-4-19(25-24-17)26-12-20(13-26)5-7-23-8-6-20/h1-4,9-11,21,23,27H,5-8,12-13,22H2/b15-11+,21-10?. The van der Waals surface area contributed by atoms with Crippen LogP contribution in [0.15, 0.2) is 36.5 Å². The van der Waals surface area contributed by atoms with Crippen molar-refractivity contribution in [3.05, 3.63) is 42.1 Å². The minimum absolute atomic E-state index is 0.0911. The van der Waals surface area contributed by atoms with Gasteiger partial charge in [0.2, 0.25) is 0 Å². The monoisotopic (exact) mass is 364 g/mol. The van der Waals surface area contributed by atoms with Crippen molar-refractivity contribution in [2.24, 2.45) is 11.1 Å². The number of nitrogens with zero attached hydrogens (tertiary/aromatic N) is 3. The minimum atomic E-state index is 0.0911. The van der Waals surface area contributed by atoms with Gasteiger partial charge in [0.15, 0.2) is 5.82 Å². The van der Waals surface area contributed by atoms with Crippen LogP contribution in [0.4, 0.5) is 5.82 Å². The molecule has 2 aliphatic heterocycles. The summed E-state index contributed by atoms with van der Waals surface area (Å²) in [5.41, 5.74) is 8.41. The summed E-state index contributed by atoms with van der Waals surface area (Å²) in [5, 5.41) is 29.8. The van der Waals surface area contributed by atoms with E-state index in [1.54, 1.807) is 12.1 Å². The van der Waals surface area contributed by atoms with E-state index >= 15 is 0 Å². The Balaban J connectivity index is 1.49. The van der Waals surface area contributed by atoms with Crippen molar-refractivity contribution in [3.8, 4) is 17.0 Å². The first-order valence-corrected chi connectivity index (χ1v) is 9.20. The van der Waals surface area contributed by atoms with E-state index in [4.69, 9.17) is 11.1 Å². The van der Waals surface area contributed by atoms with Crippen molar-refractivity contribution >= 4 is 17.6 Å². The molecule has 2 fully saturated rings. The molecule has 2 aromatic rings. The van der Waals surface area contributed by atoms with Gasteiger partial charge in [-0.1, -0.05) is 6.07 Å². The third-order valence-electron chi connectivity index (χ3n) is 5.63. The van der Waals surface area contributed by atoms with Crippen LogP contribution in [0.5, 0.6) is 5.75 Å². The summed E-state index contributed by atoms with van der Waals surface area (Å²) in [6, 6.07) is 9.03. The fraction of sp³-hybridized carbons (Fsp3) is 0.350. The Morgan fingerprint density at radius 3 is 2.56 bits per heavy atom. The van der Waals surface area contributed by atoms with E-state index in [-0.39, 0.29) is 5.75 Å². The molecule has 7 nitrogen and oxygen atoms in total. The summed E-state index contributed by atoms with van der Waals surface area (Å²) in [6.45, 7) is 4.29. The highest BCUT2D eigenvalue weighted by molar-refractivity contribution is 6.08. The van der Waals surface area contributed by atoms with Gasteiger partial charge >= 0.3 is 0 Å². The molecule has 140 valence electrons. The number of phenolic OH excluding ortho intramolecular Hbond substituents is 1. The second-order valence-electron chi connectivity index (χ2n) is 7.38. The fourth-order valence-electron chi connectivity index (χ4n) is 3.99. The van der Waals surface area contributed by atoms with E-state index < -0.39 is 0 Å². The van der Waals surface area contributed by atoms with Crippen LogP contribution in [-0.4, -0.2) is 47.7 Å². The number of hydrogen-bond donors (Lipinski definition) is 4. The zero-order chi connectivity index (χ0) is 18.9. The maximum Gasteiger partial charge on any atom is 0.151 e. The van der Waals surface area contributed by atoms with Gasteiger partial charge in [0, 0.05) is 42.1 Å². The molecule has 0 atom stereocenters. The number of phenols is 1. The van der Waals surface area contributed by atoms with Crippen molar-refractivity contribution in [2.45, 2.75) is 12.8 Å². The van der Waals surface area contributed by atoms with Crippen LogP contribution in [-0.2, 0) is 0 Å². The zero-order valence-electron chi connectivity index (χ0n) is 15.2. The fourth-order valence-corrected chi connectivity index (χ4v) is 3.99. The summed E-state index contributed by atoms with van der Waals surface area (Å²) in [5.74, 6) is 0.976. The average molecular weight is 364 g/mol. The molecule has 27 heavy (non-hydrogen) atoms. The first-order valence-electron chi connectivity index (χ1n) is 9.20. The van der Waals surface area contributed by atoms with Gasteiger partial charge in [-0.2, -0.15) is 0 Å². The summed E-state index contributed by atoms with van der Waals surface area (Å²) in [4.78, 5) is 2.27.